The average molecular weight is 319 g/mol. The van der Waals surface area contributed by atoms with E-state index in [4.69, 9.17) is 4.74 Å². The molecule has 0 saturated carbocycles. The summed E-state index contributed by atoms with van der Waals surface area (Å²) in [5.74, 6) is 0.927. The van der Waals surface area contributed by atoms with Crippen LogP contribution in [-0.4, -0.2) is 10.9 Å². The Morgan fingerprint density at radius 1 is 0.895 bits per heavy atom. The molecule has 0 bridgehead atoms. The van der Waals surface area contributed by atoms with E-state index in [1.54, 1.807) is 0 Å². The van der Waals surface area contributed by atoms with Gasteiger partial charge in [0.15, 0.2) is 0 Å². The van der Waals surface area contributed by atoms with Gasteiger partial charge in [0.05, 0.1) is 6.61 Å². The summed E-state index contributed by atoms with van der Waals surface area (Å²) in [6.45, 7) is 5.02. The normalized spacial score (nSPS) is 11.3. The minimum Gasteiger partial charge on any atom is -0.494 e. The smallest absolute Gasteiger partial charge is 0.119 e. The molecule has 0 aromatic heterocycles. The topological polar surface area (TPSA) is 9.23 Å². The second-order valence-electron chi connectivity index (χ2n) is 5.21. The number of rotatable bonds is 5. The first-order chi connectivity index (χ1) is 9.04. The van der Waals surface area contributed by atoms with Crippen molar-refractivity contribution in [3.63, 3.8) is 0 Å². The Morgan fingerprint density at radius 2 is 1.47 bits per heavy atom. The third-order valence-electron chi connectivity index (χ3n) is 2.93. The monoisotopic (exact) mass is 318 g/mol. The van der Waals surface area contributed by atoms with E-state index in [1.165, 1.54) is 11.1 Å². The van der Waals surface area contributed by atoms with Crippen molar-refractivity contribution in [2.45, 2.75) is 24.6 Å². The van der Waals surface area contributed by atoms with E-state index < -0.39 is 0 Å². The van der Waals surface area contributed by atoms with Crippen LogP contribution in [0.2, 0.25) is 0 Å². The molecule has 0 N–H and O–H groups in total. The van der Waals surface area contributed by atoms with E-state index in [9.17, 15) is 0 Å². The maximum atomic E-state index is 5.74. The Labute approximate surface area is 123 Å². The molecule has 0 aliphatic rings. The van der Waals surface area contributed by atoms with Crippen molar-refractivity contribution in [3.05, 3.63) is 54.6 Å². The number of hydrogen-bond acceptors (Lipinski definition) is 1. The largest absolute Gasteiger partial charge is 0.494 e. The summed E-state index contributed by atoms with van der Waals surface area (Å²) in [7, 11) is 0. The van der Waals surface area contributed by atoms with E-state index in [0.717, 1.165) is 18.8 Å². The third-order valence-corrected chi connectivity index (χ3v) is 3.32. The van der Waals surface area contributed by atoms with Crippen LogP contribution in [0.4, 0.5) is 0 Å². The van der Waals surface area contributed by atoms with Gasteiger partial charge in [0.25, 0.3) is 0 Å². The number of ether oxygens (including phenoxy) is 1. The standard InChI is InChI=1S/C17H19BrO/c1-17(2,18)12-13-19-16-10-8-15(9-11-16)14-6-4-3-5-7-14/h3-11H,12-13H2,1-2H3. The van der Waals surface area contributed by atoms with E-state index in [1.807, 2.05) is 18.2 Å². The second-order valence-corrected chi connectivity index (χ2v) is 7.35. The van der Waals surface area contributed by atoms with Crippen molar-refractivity contribution in [3.8, 4) is 16.9 Å². The van der Waals surface area contributed by atoms with Crippen molar-refractivity contribution >= 4 is 15.9 Å². The molecule has 0 aliphatic heterocycles. The van der Waals surface area contributed by atoms with Crippen LogP contribution < -0.4 is 4.74 Å². The lowest BCUT2D eigenvalue weighted by Gasteiger charge is -2.16. The molecule has 2 aromatic carbocycles. The fourth-order valence-electron chi connectivity index (χ4n) is 1.79. The van der Waals surface area contributed by atoms with Crippen LogP contribution in [0, 0.1) is 0 Å². The van der Waals surface area contributed by atoms with Gasteiger partial charge < -0.3 is 4.74 Å². The lowest BCUT2D eigenvalue weighted by atomic mass is 10.1. The highest BCUT2D eigenvalue weighted by Crippen LogP contribution is 2.24. The highest BCUT2D eigenvalue weighted by atomic mass is 79.9. The maximum absolute atomic E-state index is 5.74. The predicted octanol–water partition coefficient (Wildman–Crippen LogP) is 5.30. The van der Waals surface area contributed by atoms with Crippen LogP contribution in [0.3, 0.4) is 0 Å². The minimum atomic E-state index is 0.136. The quantitative estimate of drug-likeness (QED) is 0.680. The highest BCUT2D eigenvalue weighted by molar-refractivity contribution is 9.10. The number of hydrogen-bond donors (Lipinski definition) is 0. The number of halogens is 1. The van der Waals surface area contributed by atoms with Crippen LogP contribution in [0.5, 0.6) is 5.75 Å². The molecule has 1 nitrogen and oxygen atoms in total. The van der Waals surface area contributed by atoms with Gasteiger partial charge in [0.1, 0.15) is 5.75 Å². The summed E-state index contributed by atoms with van der Waals surface area (Å²) in [6, 6.07) is 18.6. The Hall–Kier alpha value is -1.28. The van der Waals surface area contributed by atoms with Gasteiger partial charge in [-0.2, -0.15) is 0 Å². The first-order valence-corrected chi connectivity index (χ1v) is 7.31. The summed E-state index contributed by atoms with van der Waals surface area (Å²) in [5.41, 5.74) is 2.45. The van der Waals surface area contributed by atoms with Crippen LogP contribution in [0.15, 0.2) is 54.6 Å². The summed E-state index contributed by atoms with van der Waals surface area (Å²) in [6.07, 6.45) is 0.980. The van der Waals surface area contributed by atoms with Gasteiger partial charge in [-0.1, -0.05) is 58.4 Å². The van der Waals surface area contributed by atoms with Gasteiger partial charge in [-0.15, -0.1) is 0 Å². The van der Waals surface area contributed by atoms with Crippen LogP contribution in [-0.2, 0) is 0 Å². The Balaban J connectivity index is 1.96. The molecule has 0 amide bonds. The molecule has 100 valence electrons. The SMILES string of the molecule is CC(C)(Br)CCOc1ccc(-c2ccccc2)cc1. The Bertz CT molecular complexity index is 497. The van der Waals surface area contributed by atoms with Gasteiger partial charge in [0.2, 0.25) is 0 Å². The zero-order chi connectivity index (χ0) is 13.7. The maximum Gasteiger partial charge on any atom is 0.119 e. The molecule has 2 aromatic rings. The molecular weight excluding hydrogens is 300 g/mol. The molecule has 0 fully saturated rings. The first kappa shape index (κ1) is 14.1. The summed E-state index contributed by atoms with van der Waals surface area (Å²) < 4.78 is 5.88. The summed E-state index contributed by atoms with van der Waals surface area (Å²) >= 11 is 3.61. The van der Waals surface area contributed by atoms with Crippen molar-refractivity contribution in [2.24, 2.45) is 0 Å². The van der Waals surface area contributed by atoms with Crippen molar-refractivity contribution in [1.29, 1.82) is 0 Å². The van der Waals surface area contributed by atoms with Gasteiger partial charge in [-0.3, -0.25) is 0 Å². The van der Waals surface area contributed by atoms with Gasteiger partial charge >= 0.3 is 0 Å². The number of benzene rings is 2. The molecule has 0 unspecified atom stereocenters. The second kappa shape index (κ2) is 6.25. The zero-order valence-electron chi connectivity index (χ0n) is 11.4. The molecular formula is C17H19BrO. The van der Waals surface area contributed by atoms with Crippen LogP contribution >= 0.6 is 15.9 Å². The molecule has 2 heteroatoms. The van der Waals surface area contributed by atoms with E-state index in [2.05, 4.69) is 66.2 Å². The van der Waals surface area contributed by atoms with E-state index >= 15 is 0 Å². The van der Waals surface area contributed by atoms with E-state index in [0.29, 0.717) is 0 Å². The highest BCUT2D eigenvalue weighted by Gasteiger charge is 2.12. The Kier molecular flexibility index (Phi) is 4.65. The molecule has 0 spiro atoms. The lowest BCUT2D eigenvalue weighted by molar-refractivity contribution is 0.298. The van der Waals surface area contributed by atoms with Crippen LogP contribution in [0.1, 0.15) is 20.3 Å². The lowest BCUT2D eigenvalue weighted by Crippen LogP contribution is -2.14. The fourth-order valence-corrected chi connectivity index (χ4v) is 1.95. The first-order valence-electron chi connectivity index (χ1n) is 6.52. The fraction of sp³-hybridized carbons (Fsp3) is 0.294. The van der Waals surface area contributed by atoms with Crippen molar-refractivity contribution in [1.82, 2.24) is 0 Å². The zero-order valence-corrected chi connectivity index (χ0v) is 13.0. The van der Waals surface area contributed by atoms with Gasteiger partial charge in [0, 0.05) is 4.32 Å². The molecule has 0 heterocycles. The minimum absolute atomic E-state index is 0.136. The molecule has 0 radical (unpaired) electrons. The average Bonchev–Trinajstić information content (AvgIpc) is 2.39. The van der Waals surface area contributed by atoms with E-state index in [-0.39, 0.29) is 4.32 Å². The molecule has 0 saturated heterocycles. The summed E-state index contributed by atoms with van der Waals surface area (Å²) in [5, 5.41) is 0. The van der Waals surface area contributed by atoms with Gasteiger partial charge in [-0.05, 0) is 43.5 Å². The molecule has 19 heavy (non-hydrogen) atoms. The molecule has 0 aliphatic carbocycles. The van der Waals surface area contributed by atoms with Crippen LogP contribution in [0.25, 0.3) is 11.1 Å². The Morgan fingerprint density at radius 3 is 2.05 bits per heavy atom. The summed E-state index contributed by atoms with van der Waals surface area (Å²) in [4.78, 5) is 0. The van der Waals surface area contributed by atoms with Crippen molar-refractivity contribution < 1.29 is 4.74 Å². The third kappa shape index (κ3) is 4.71. The number of alkyl halides is 1. The molecule has 0 atom stereocenters. The molecule has 2 rings (SSSR count). The predicted molar refractivity (Wildman–Crippen MR) is 85.0 cm³/mol. The van der Waals surface area contributed by atoms with Gasteiger partial charge in [-0.25, -0.2) is 0 Å². The van der Waals surface area contributed by atoms with Crippen molar-refractivity contribution in [2.75, 3.05) is 6.61 Å².